The minimum atomic E-state index is -3.45. The maximum absolute atomic E-state index is 13.0. The molecule has 0 aliphatic heterocycles. The molecule has 0 aromatic heterocycles. The van der Waals surface area contributed by atoms with Gasteiger partial charge in [-0.25, -0.2) is 17.5 Å². The summed E-state index contributed by atoms with van der Waals surface area (Å²) >= 11 is 0. The summed E-state index contributed by atoms with van der Waals surface area (Å²) in [7, 11) is -3.45. The van der Waals surface area contributed by atoms with E-state index in [9.17, 15) is 12.8 Å². The molecule has 1 aromatic carbocycles. The Bertz CT molecular complexity index is 533. The predicted octanol–water partition coefficient (Wildman–Crippen LogP) is 1.37. The van der Waals surface area contributed by atoms with Crippen LogP contribution in [-0.2, 0) is 15.8 Å². The highest BCUT2D eigenvalue weighted by molar-refractivity contribution is 7.88. The molecule has 6 heteroatoms. The van der Waals surface area contributed by atoms with Gasteiger partial charge < -0.3 is 5.73 Å². The molecule has 2 unspecified atom stereocenters. The summed E-state index contributed by atoms with van der Waals surface area (Å²) < 4.78 is 39.8. The van der Waals surface area contributed by atoms with Gasteiger partial charge in [-0.05, 0) is 43.0 Å². The van der Waals surface area contributed by atoms with Crippen molar-refractivity contribution in [3.05, 3.63) is 35.6 Å². The zero-order valence-corrected chi connectivity index (χ0v) is 11.5. The monoisotopic (exact) mass is 286 g/mol. The molecule has 1 aliphatic carbocycles. The number of hydrogen-bond acceptors (Lipinski definition) is 3. The summed E-state index contributed by atoms with van der Waals surface area (Å²) in [6.45, 7) is 0.493. The lowest BCUT2D eigenvalue weighted by Gasteiger charge is -2.19. The third-order valence-corrected chi connectivity index (χ3v) is 4.91. The number of rotatable bonds is 5. The molecule has 4 nitrogen and oxygen atoms in total. The fourth-order valence-electron chi connectivity index (χ4n) is 2.59. The van der Waals surface area contributed by atoms with Crippen LogP contribution in [0.15, 0.2) is 24.3 Å². The van der Waals surface area contributed by atoms with Crippen LogP contribution in [0.2, 0.25) is 0 Å². The van der Waals surface area contributed by atoms with E-state index >= 15 is 0 Å². The van der Waals surface area contributed by atoms with Gasteiger partial charge in [0.1, 0.15) is 5.82 Å². The molecule has 19 heavy (non-hydrogen) atoms. The van der Waals surface area contributed by atoms with E-state index in [1.807, 2.05) is 0 Å². The van der Waals surface area contributed by atoms with Crippen molar-refractivity contribution in [2.45, 2.75) is 31.1 Å². The Balaban J connectivity index is 2.02. The van der Waals surface area contributed by atoms with Crippen molar-refractivity contribution in [2.24, 2.45) is 11.7 Å². The lowest BCUT2D eigenvalue weighted by molar-refractivity contribution is 0.452. The third-order valence-electron chi connectivity index (χ3n) is 3.54. The minimum absolute atomic E-state index is 0.0800. The molecule has 2 atom stereocenters. The van der Waals surface area contributed by atoms with Crippen molar-refractivity contribution >= 4 is 10.0 Å². The van der Waals surface area contributed by atoms with Crippen molar-refractivity contribution < 1.29 is 12.8 Å². The molecule has 0 spiro atoms. The lowest BCUT2D eigenvalue weighted by atomic mass is 10.1. The molecule has 0 saturated heterocycles. The summed E-state index contributed by atoms with van der Waals surface area (Å²) in [5.41, 5.74) is 6.08. The number of benzene rings is 1. The molecule has 1 aromatic rings. The summed E-state index contributed by atoms with van der Waals surface area (Å²) in [5.74, 6) is -0.408. The predicted molar refractivity (Wildman–Crippen MR) is 72.3 cm³/mol. The number of hydrogen-bond donors (Lipinski definition) is 2. The lowest BCUT2D eigenvalue weighted by Crippen LogP contribution is -2.40. The van der Waals surface area contributed by atoms with Crippen LogP contribution in [0.4, 0.5) is 4.39 Å². The van der Waals surface area contributed by atoms with Crippen LogP contribution in [0.5, 0.6) is 0 Å². The molecule has 3 N–H and O–H groups in total. The molecule has 0 amide bonds. The SMILES string of the molecule is NCC1CCCC1NS(=O)(=O)Cc1cccc(F)c1. The number of halogens is 1. The van der Waals surface area contributed by atoms with Gasteiger partial charge >= 0.3 is 0 Å². The van der Waals surface area contributed by atoms with Crippen LogP contribution in [0, 0.1) is 11.7 Å². The molecule has 0 radical (unpaired) electrons. The molecule has 2 rings (SSSR count). The summed E-state index contributed by atoms with van der Waals surface area (Å²) in [6.07, 6.45) is 2.78. The zero-order valence-electron chi connectivity index (χ0n) is 10.7. The molecule has 1 fully saturated rings. The molecular formula is C13H19FN2O2S. The van der Waals surface area contributed by atoms with Crippen LogP contribution in [0.3, 0.4) is 0 Å². The first-order chi connectivity index (χ1) is 9.00. The van der Waals surface area contributed by atoms with Gasteiger partial charge in [0.05, 0.1) is 5.75 Å². The molecular weight excluding hydrogens is 267 g/mol. The van der Waals surface area contributed by atoms with Gasteiger partial charge in [0.2, 0.25) is 10.0 Å². The van der Waals surface area contributed by atoms with E-state index in [-0.39, 0.29) is 17.7 Å². The van der Waals surface area contributed by atoms with E-state index in [0.29, 0.717) is 12.1 Å². The van der Waals surface area contributed by atoms with Crippen molar-refractivity contribution in [1.82, 2.24) is 4.72 Å². The van der Waals surface area contributed by atoms with Crippen LogP contribution in [0.1, 0.15) is 24.8 Å². The highest BCUT2D eigenvalue weighted by atomic mass is 32.2. The van der Waals surface area contributed by atoms with Gasteiger partial charge in [0, 0.05) is 6.04 Å². The van der Waals surface area contributed by atoms with Crippen molar-refractivity contribution in [3.8, 4) is 0 Å². The van der Waals surface area contributed by atoms with Gasteiger partial charge in [0.15, 0.2) is 0 Å². The Morgan fingerprint density at radius 3 is 2.84 bits per heavy atom. The first-order valence-corrected chi connectivity index (χ1v) is 8.10. The van der Waals surface area contributed by atoms with E-state index in [1.165, 1.54) is 18.2 Å². The Morgan fingerprint density at radius 2 is 2.16 bits per heavy atom. The Labute approximate surface area is 113 Å². The highest BCUT2D eigenvalue weighted by Gasteiger charge is 2.29. The number of nitrogens with one attached hydrogen (secondary N) is 1. The third kappa shape index (κ3) is 3.99. The molecule has 0 heterocycles. The van der Waals surface area contributed by atoms with E-state index in [0.717, 1.165) is 19.3 Å². The van der Waals surface area contributed by atoms with Crippen molar-refractivity contribution in [1.29, 1.82) is 0 Å². The first kappa shape index (κ1) is 14.4. The quantitative estimate of drug-likeness (QED) is 0.858. The standard InChI is InChI=1S/C13H19FN2O2S/c14-12-5-1-3-10(7-12)9-19(17,18)16-13-6-2-4-11(13)8-15/h1,3,5,7,11,13,16H,2,4,6,8-9,15H2. The van der Waals surface area contributed by atoms with Gasteiger partial charge in [0.25, 0.3) is 0 Å². The van der Waals surface area contributed by atoms with Gasteiger partial charge in [-0.2, -0.15) is 0 Å². The zero-order chi connectivity index (χ0) is 13.9. The Hall–Kier alpha value is -0.980. The van der Waals surface area contributed by atoms with E-state index in [2.05, 4.69) is 4.72 Å². The normalized spacial score (nSPS) is 23.7. The van der Waals surface area contributed by atoms with Crippen LogP contribution in [-0.4, -0.2) is 21.0 Å². The van der Waals surface area contributed by atoms with Crippen LogP contribution < -0.4 is 10.5 Å². The summed E-state index contributed by atoms with van der Waals surface area (Å²) in [5, 5.41) is 0. The van der Waals surface area contributed by atoms with Gasteiger partial charge in [-0.1, -0.05) is 18.6 Å². The van der Waals surface area contributed by atoms with Crippen molar-refractivity contribution in [2.75, 3.05) is 6.54 Å². The largest absolute Gasteiger partial charge is 0.330 e. The first-order valence-electron chi connectivity index (χ1n) is 6.45. The number of sulfonamides is 1. The molecule has 106 valence electrons. The molecule has 1 saturated carbocycles. The maximum Gasteiger partial charge on any atom is 0.216 e. The van der Waals surface area contributed by atoms with E-state index in [4.69, 9.17) is 5.73 Å². The second kappa shape index (κ2) is 5.98. The van der Waals surface area contributed by atoms with E-state index in [1.54, 1.807) is 6.07 Å². The van der Waals surface area contributed by atoms with E-state index < -0.39 is 15.8 Å². The molecule has 1 aliphatic rings. The van der Waals surface area contributed by atoms with Gasteiger partial charge in [-0.15, -0.1) is 0 Å². The molecule has 0 bridgehead atoms. The Kier molecular flexibility index (Phi) is 4.54. The van der Waals surface area contributed by atoms with Gasteiger partial charge in [-0.3, -0.25) is 0 Å². The van der Waals surface area contributed by atoms with Crippen molar-refractivity contribution in [3.63, 3.8) is 0 Å². The minimum Gasteiger partial charge on any atom is -0.330 e. The van der Waals surface area contributed by atoms with Crippen LogP contribution >= 0.6 is 0 Å². The summed E-state index contributed by atoms with van der Waals surface area (Å²) in [4.78, 5) is 0. The highest BCUT2D eigenvalue weighted by Crippen LogP contribution is 2.25. The average Bonchev–Trinajstić information content (AvgIpc) is 2.74. The Morgan fingerprint density at radius 1 is 1.37 bits per heavy atom. The number of nitrogens with two attached hydrogens (primary N) is 1. The topological polar surface area (TPSA) is 72.2 Å². The average molecular weight is 286 g/mol. The smallest absolute Gasteiger partial charge is 0.216 e. The second-order valence-corrected chi connectivity index (χ2v) is 6.79. The van der Waals surface area contributed by atoms with Crippen LogP contribution in [0.25, 0.3) is 0 Å². The summed E-state index contributed by atoms with van der Waals surface area (Å²) in [6, 6.07) is 5.58. The maximum atomic E-state index is 13.0. The fourth-order valence-corrected chi connectivity index (χ4v) is 4.07. The second-order valence-electron chi connectivity index (χ2n) is 5.04. The fraction of sp³-hybridized carbons (Fsp3) is 0.538.